The number of alkyl halides is 1. The number of ether oxygens (including phenoxy) is 3. The molecule has 0 saturated heterocycles. The van der Waals surface area contributed by atoms with Gasteiger partial charge in [-0.25, -0.2) is 9.18 Å². The van der Waals surface area contributed by atoms with Gasteiger partial charge in [-0.05, 0) is 18.6 Å². The number of ketones is 1. The lowest BCUT2D eigenvalue weighted by Crippen LogP contribution is -2.28. The molecule has 0 aliphatic rings. The largest absolute Gasteiger partial charge is 0.497 e. The van der Waals surface area contributed by atoms with Crippen LogP contribution in [0.15, 0.2) is 18.2 Å². The van der Waals surface area contributed by atoms with E-state index in [0.717, 1.165) is 0 Å². The fourth-order valence-corrected chi connectivity index (χ4v) is 1.48. The number of benzene rings is 1. The van der Waals surface area contributed by atoms with E-state index in [1.807, 2.05) is 0 Å². The number of methoxy groups -OCH3 is 2. The van der Waals surface area contributed by atoms with Crippen molar-refractivity contribution in [1.29, 1.82) is 0 Å². The molecule has 0 amide bonds. The van der Waals surface area contributed by atoms with Crippen LogP contribution in [0.3, 0.4) is 0 Å². The fourth-order valence-electron chi connectivity index (χ4n) is 1.48. The standard InChI is InChI=1S/C14H17FO5/c1-4-5-20-14(17)12(15)13(16)9-6-10(18-2)8-11(7-9)19-3/h6-8,12H,4-5H2,1-3H3. The van der Waals surface area contributed by atoms with Gasteiger partial charge in [-0.2, -0.15) is 0 Å². The number of halogens is 1. The quantitative estimate of drug-likeness (QED) is 0.436. The second-order valence-corrected chi connectivity index (χ2v) is 4.00. The van der Waals surface area contributed by atoms with E-state index >= 15 is 0 Å². The molecule has 0 fully saturated rings. The number of hydrogen-bond donors (Lipinski definition) is 0. The van der Waals surface area contributed by atoms with Crippen LogP contribution in [0.4, 0.5) is 4.39 Å². The summed E-state index contributed by atoms with van der Waals surface area (Å²) in [4.78, 5) is 23.2. The summed E-state index contributed by atoms with van der Waals surface area (Å²) in [6, 6.07) is 4.22. The van der Waals surface area contributed by atoms with E-state index in [1.165, 1.54) is 26.4 Å². The van der Waals surface area contributed by atoms with Crippen molar-refractivity contribution in [2.75, 3.05) is 20.8 Å². The maximum Gasteiger partial charge on any atom is 0.349 e. The summed E-state index contributed by atoms with van der Waals surface area (Å²) in [7, 11) is 2.82. The first kappa shape index (κ1) is 15.9. The predicted molar refractivity (Wildman–Crippen MR) is 70.0 cm³/mol. The SMILES string of the molecule is CCCOC(=O)C(F)C(=O)c1cc(OC)cc(OC)c1. The summed E-state index contributed by atoms with van der Waals surface area (Å²) in [6.07, 6.45) is -1.79. The van der Waals surface area contributed by atoms with E-state index in [9.17, 15) is 14.0 Å². The molecule has 0 bridgehead atoms. The van der Waals surface area contributed by atoms with Crippen LogP contribution in [0.2, 0.25) is 0 Å². The molecule has 0 aliphatic carbocycles. The molecule has 0 N–H and O–H groups in total. The minimum atomic E-state index is -2.35. The topological polar surface area (TPSA) is 61.8 Å². The molecule has 1 atom stereocenters. The fraction of sp³-hybridized carbons (Fsp3) is 0.429. The van der Waals surface area contributed by atoms with Gasteiger partial charge in [-0.3, -0.25) is 4.79 Å². The summed E-state index contributed by atoms with van der Waals surface area (Å²) in [5.41, 5.74) is -0.0119. The molecule has 1 rings (SSSR count). The maximum atomic E-state index is 13.8. The van der Waals surface area contributed by atoms with Crippen LogP contribution in [-0.2, 0) is 9.53 Å². The molecule has 0 aromatic heterocycles. The van der Waals surface area contributed by atoms with Gasteiger partial charge in [-0.15, -0.1) is 0 Å². The van der Waals surface area contributed by atoms with Crippen molar-refractivity contribution in [3.63, 3.8) is 0 Å². The monoisotopic (exact) mass is 284 g/mol. The number of carbonyl (C=O) groups excluding carboxylic acids is 2. The van der Waals surface area contributed by atoms with Gasteiger partial charge >= 0.3 is 5.97 Å². The van der Waals surface area contributed by atoms with Crippen LogP contribution < -0.4 is 9.47 Å². The molecule has 6 heteroatoms. The van der Waals surface area contributed by atoms with Crippen molar-refractivity contribution in [2.45, 2.75) is 19.5 Å². The molecule has 20 heavy (non-hydrogen) atoms. The van der Waals surface area contributed by atoms with Crippen molar-refractivity contribution in [1.82, 2.24) is 0 Å². The van der Waals surface area contributed by atoms with Crippen molar-refractivity contribution >= 4 is 11.8 Å². The van der Waals surface area contributed by atoms with Crippen molar-refractivity contribution < 1.29 is 28.2 Å². The highest BCUT2D eigenvalue weighted by atomic mass is 19.1. The molecule has 1 unspecified atom stereocenters. The lowest BCUT2D eigenvalue weighted by Gasteiger charge is -2.10. The summed E-state index contributed by atoms with van der Waals surface area (Å²) < 4.78 is 28.3. The first-order valence-electron chi connectivity index (χ1n) is 6.11. The Hall–Kier alpha value is -2.11. The summed E-state index contributed by atoms with van der Waals surface area (Å²) >= 11 is 0. The number of Topliss-reactive ketones (excluding diaryl/α,β-unsaturated/α-hetero) is 1. The van der Waals surface area contributed by atoms with E-state index in [-0.39, 0.29) is 12.2 Å². The van der Waals surface area contributed by atoms with E-state index in [0.29, 0.717) is 17.9 Å². The van der Waals surface area contributed by atoms with Gasteiger partial charge in [0.25, 0.3) is 6.17 Å². The Morgan fingerprint density at radius 3 is 2.15 bits per heavy atom. The van der Waals surface area contributed by atoms with Gasteiger partial charge in [0.2, 0.25) is 5.78 Å². The highest BCUT2D eigenvalue weighted by Crippen LogP contribution is 2.24. The van der Waals surface area contributed by atoms with E-state index < -0.39 is 17.9 Å². The Bertz CT molecular complexity index is 464. The molecule has 1 aromatic rings. The van der Waals surface area contributed by atoms with E-state index in [2.05, 4.69) is 4.74 Å². The molecule has 0 spiro atoms. The lowest BCUT2D eigenvalue weighted by molar-refractivity contribution is -0.147. The van der Waals surface area contributed by atoms with Gasteiger partial charge in [0, 0.05) is 11.6 Å². The number of carbonyl (C=O) groups is 2. The van der Waals surface area contributed by atoms with Crippen LogP contribution in [0, 0.1) is 0 Å². The van der Waals surface area contributed by atoms with Gasteiger partial charge in [0.15, 0.2) is 0 Å². The molecular weight excluding hydrogens is 267 g/mol. The summed E-state index contributed by atoms with van der Waals surface area (Å²) in [5, 5.41) is 0. The zero-order valence-electron chi connectivity index (χ0n) is 11.6. The van der Waals surface area contributed by atoms with Crippen molar-refractivity contribution in [3.8, 4) is 11.5 Å². The average molecular weight is 284 g/mol. The van der Waals surface area contributed by atoms with E-state index in [4.69, 9.17) is 9.47 Å². The molecule has 0 aliphatic heterocycles. The minimum absolute atomic E-state index is 0.0119. The van der Waals surface area contributed by atoms with Crippen molar-refractivity contribution in [3.05, 3.63) is 23.8 Å². The minimum Gasteiger partial charge on any atom is -0.497 e. The molecule has 0 radical (unpaired) electrons. The van der Waals surface area contributed by atoms with Crippen LogP contribution in [-0.4, -0.2) is 38.8 Å². The molecule has 1 aromatic carbocycles. The molecular formula is C14H17FO5. The highest BCUT2D eigenvalue weighted by Gasteiger charge is 2.29. The van der Waals surface area contributed by atoms with Gasteiger partial charge < -0.3 is 14.2 Å². The Morgan fingerprint density at radius 2 is 1.70 bits per heavy atom. The lowest BCUT2D eigenvalue weighted by atomic mass is 10.1. The third kappa shape index (κ3) is 3.94. The average Bonchev–Trinajstić information content (AvgIpc) is 2.50. The normalized spacial score (nSPS) is 11.6. The second kappa shape index (κ2) is 7.47. The Morgan fingerprint density at radius 1 is 1.15 bits per heavy atom. The van der Waals surface area contributed by atoms with Crippen LogP contribution in [0.25, 0.3) is 0 Å². The predicted octanol–water partition coefficient (Wildman–Crippen LogP) is 2.18. The van der Waals surface area contributed by atoms with Crippen LogP contribution in [0.1, 0.15) is 23.7 Å². The number of hydrogen-bond acceptors (Lipinski definition) is 5. The Labute approximate surface area is 116 Å². The Balaban J connectivity index is 2.93. The summed E-state index contributed by atoms with van der Waals surface area (Å²) in [5.74, 6) is -1.49. The number of rotatable bonds is 7. The smallest absolute Gasteiger partial charge is 0.349 e. The van der Waals surface area contributed by atoms with E-state index in [1.54, 1.807) is 13.0 Å². The highest BCUT2D eigenvalue weighted by molar-refractivity contribution is 6.11. The molecule has 0 saturated carbocycles. The second-order valence-electron chi connectivity index (χ2n) is 4.00. The third-order valence-electron chi connectivity index (χ3n) is 2.52. The molecule has 0 heterocycles. The molecule has 5 nitrogen and oxygen atoms in total. The first-order valence-corrected chi connectivity index (χ1v) is 6.11. The third-order valence-corrected chi connectivity index (χ3v) is 2.52. The Kier molecular flexibility index (Phi) is 5.96. The van der Waals surface area contributed by atoms with Crippen LogP contribution >= 0.6 is 0 Å². The number of esters is 1. The van der Waals surface area contributed by atoms with Crippen LogP contribution in [0.5, 0.6) is 11.5 Å². The molecule has 110 valence electrons. The van der Waals surface area contributed by atoms with Gasteiger partial charge in [0.05, 0.1) is 20.8 Å². The van der Waals surface area contributed by atoms with Gasteiger partial charge in [-0.1, -0.05) is 6.92 Å². The summed E-state index contributed by atoms with van der Waals surface area (Å²) in [6.45, 7) is 1.85. The van der Waals surface area contributed by atoms with Gasteiger partial charge in [0.1, 0.15) is 11.5 Å². The zero-order valence-corrected chi connectivity index (χ0v) is 11.6. The maximum absolute atomic E-state index is 13.8. The first-order chi connectivity index (χ1) is 9.53. The van der Waals surface area contributed by atoms with Crippen molar-refractivity contribution in [2.24, 2.45) is 0 Å². The zero-order chi connectivity index (χ0) is 15.1.